The van der Waals surface area contributed by atoms with E-state index >= 15 is 0 Å². The predicted molar refractivity (Wildman–Crippen MR) is 132 cm³/mol. The van der Waals surface area contributed by atoms with Gasteiger partial charge in [0.2, 0.25) is 0 Å². The molecule has 0 aliphatic carbocycles. The van der Waals surface area contributed by atoms with Gasteiger partial charge in [0.15, 0.2) is 28.9 Å². The highest BCUT2D eigenvalue weighted by molar-refractivity contribution is 7.99. The smallest absolute Gasteiger partial charge is 0.303 e. The summed E-state index contributed by atoms with van der Waals surface area (Å²) in [5, 5.41) is 0.607. The Morgan fingerprint density at radius 2 is 1.54 bits per heavy atom. The molecule has 0 amide bonds. The van der Waals surface area contributed by atoms with Crippen LogP contribution in [0.1, 0.15) is 47.5 Å². The monoisotopic (exact) mass is 536 g/mol. The summed E-state index contributed by atoms with van der Waals surface area (Å²) in [4.78, 5) is 52.4. The third kappa shape index (κ3) is 7.45. The van der Waals surface area contributed by atoms with Gasteiger partial charge in [0.25, 0.3) is 0 Å². The largest absolute Gasteiger partial charge is 0.463 e. The van der Waals surface area contributed by atoms with Crippen LogP contribution >= 0.6 is 11.8 Å². The number of rotatable bonds is 10. The Morgan fingerprint density at radius 1 is 0.919 bits per heavy atom. The number of aromatic nitrogens is 2. The normalized spacial score (nSPS) is 23.3. The summed E-state index contributed by atoms with van der Waals surface area (Å²) < 4.78 is 30.0. The molecule has 0 N–H and O–H groups in total. The molecule has 1 aliphatic heterocycles. The number of benzene rings is 1. The van der Waals surface area contributed by atoms with E-state index in [-0.39, 0.29) is 6.61 Å². The Kier molecular flexibility index (Phi) is 9.93. The first kappa shape index (κ1) is 28.5. The Labute approximate surface area is 219 Å². The van der Waals surface area contributed by atoms with E-state index in [0.717, 1.165) is 23.9 Å². The summed E-state index contributed by atoms with van der Waals surface area (Å²) in [6.45, 7) is 7.34. The molecule has 0 bridgehead atoms. The van der Waals surface area contributed by atoms with Crippen LogP contribution in [0, 0.1) is 0 Å². The summed E-state index contributed by atoms with van der Waals surface area (Å²) in [5.74, 6) is -2.56. The molecule has 202 valence electrons. The highest BCUT2D eigenvalue weighted by Gasteiger charge is 2.52. The third-order valence-corrected chi connectivity index (χ3v) is 6.66. The fourth-order valence-corrected chi connectivity index (χ4v) is 5.28. The minimum atomic E-state index is -1.22. The second-order valence-electron chi connectivity index (χ2n) is 8.57. The number of hydrogen-bond acceptors (Lipinski definition) is 11. The van der Waals surface area contributed by atoms with Gasteiger partial charge in [0.05, 0.1) is 11.0 Å². The number of unbranched alkanes of at least 4 members (excludes halogenated alkanes) is 1. The van der Waals surface area contributed by atoms with Crippen molar-refractivity contribution in [2.75, 3.05) is 6.61 Å². The van der Waals surface area contributed by atoms with E-state index in [1.807, 2.05) is 24.3 Å². The number of carbonyl (C=O) groups excluding carboxylic acids is 4. The zero-order chi connectivity index (χ0) is 27.1. The average molecular weight is 537 g/mol. The number of carbonyl (C=O) groups is 4. The molecule has 0 radical (unpaired) electrons. The Hall–Kier alpha value is -3.12. The van der Waals surface area contributed by atoms with Crippen molar-refractivity contribution in [2.24, 2.45) is 0 Å². The molecule has 1 aliphatic rings. The maximum absolute atomic E-state index is 12.1. The predicted octanol–water partition coefficient (Wildman–Crippen LogP) is 3.01. The summed E-state index contributed by atoms with van der Waals surface area (Å²) in [6, 6.07) is 7.68. The zero-order valence-corrected chi connectivity index (χ0v) is 22.3. The van der Waals surface area contributed by atoms with E-state index in [2.05, 4.69) is 11.5 Å². The van der Waals surface area contributed by atoms with Gasteiger partial charge < -0.3 is 28.3 Å². The molecular weight excluding hydrogens is 504 g/mol. The van der Waals surface area contributed by atoms with E-state index < -0.39 is 53.7 Å². The molecule has 5 atom stereocenters. The lowest BCUT2D eigenvalue weighted by molar-refractivity contribution is -0.237. The topological polar surface area (TPSA) is 132 Å². The number of esters is 4. The molecular formula is C25H32N2O9S. The van der Waals surface area contributed by atoms with Gasteiger partial charge in [0, 0.05) is 34.2 Å². The van der Waals surface area contributed by atoms with Crippen LogP contribution in [0.25, 0.3) is 11.0 Å². The van der Waals surface area contributed by atoms with Crippen molar-refractivity contribution >= 4 is 46.7 Å². The summed E-state index contributed by atoms with van der Waals surface area (Å²) in [7, 11) is 0. The van der Waals surface area contributed by atoms with Crippen molar-refractivity contribution in [3.8, 4) is 0 Å². The van der Waals surface area contributed by atoms with Gasteiger partial charge in [-0.3, -0.25) is 19.2 Å². The molecule has 1 aromatic carbocycles. The number of imidazole rings is 1. The zero-order valence-electron chi connectivity index (χ0n) is 21.5. The lowest BCUT2D eigenvalue weighted by Crippen LogP contribution is -2.61. The molecule has 1 saturated heterocycles. The molecule has 5 unspecified atom stereocenters. The molecule has 3 rings (SSSR count). The number of thioether (sulfide) groups is 1. The fourth-order valence-electron chi connectivity index (χ4n) is 4.06. The molecule has 37 heavy (non-hydrogen) atoms. The van der Waals surface area contributed by atoms with Gasteiger partial charge in [-0.1, -0.05) is 37.2 Å². The van der Waals surface area contributed by atoms with Crippen molar-refractivity contribution in [1.82, 2.24) is 9.55 Å². The van der Waals surface area contributed by atoms with Crippen molar-refractivity contribution < 1.29 is 42.9 Å². The first-order valence-corrected chi connectivity index (χ1v) is 12.9. The van der Waals surface area contributed by atoms with Gasteiger partial charge in [0.1, 0.15) is 12.7 Å². The average Bonchev–Trinajstić information content (AvgIpc) is 3.16. The van der Waals surface area contributed by atoms with E-state index in [1.165, 1.54) is 39.5 Å². The number of para-hydroxylation sites is 2. The first-order chi connectivity index (χ1) is 17.6. The molecule has 2 heterocycles. The van der Waals surface area contributed by atoms with Crippen molar-refractivity contribution in [2.45, 2.75) is 89.0 Å². The molecule has 0 saturated carbocycles. The van der Waals surface area contributed by atoms with Crippen LogP contribution in [0.4, 0.5) is 0 Å². The van der Waals surface area contributed by atoms with Crippen LogP contribution < -0.4 is 0 Å². The number of aryl methyl sites for hydroxylation is 1. The third-order valence-electron chi connectivity index (χ3n) is 5.52. The van der Waals surface area contributed by atoms with E-state index in [0.29, 0.717) is 11.7 Å². The molecule has 1 fully saturated rings. The van der Waals surface area contributed by atoms with Crippen molar-refractivity contribution in [1.29, 1.82) is 0 Å². The highest BCUT2D eigenvalue weighted by Crippen LogP contribution is 2.38. The van der Waals surface area contributed by atoms with Gasteiger partial charge in [-0.2, -0.15) is 0 Å². The molecule has 1 aromatic heterocycles. The maximum Gasteiger partial charge on any atom is 0.303 e. The Morgan fingerprint density at radius 3 is 2.16 bits per heavy atom. The van der Waals surface area contributed by atoms with E-state index in [9.17, 15) is 19.2 Å². The summed E-state index contributed by atoms with van der Waals surface area (Å²) >= 11 is 1.19. The van der Waals surface area contributed by atoms with Gasteiger partial charge >= 0.3 is 23.9 Å². The Bertz CT molecular complexity index is 1130. The molecule has 2 aromatic rings. The minimum Gasteiger partial charge on any atom is -0.463 e. The molecule has 12 heteroatoms. The van der Waals surface area contributed by atoms with Crippen molar-refractivity contribution in [3.63, 3.8) is 0 Å². The lowest BCUT2D eigenvalue weighted by atomic mass is 9.99. The minimum absolute atomic E-state index is 0.277. The summed E-state index contributed by atoms with van der Waals surface area (Å²) in [5.41, 5.74) is 0.786. The van der Waals surface area contributed by atoms with Crippen LogP contribution in [-0.2, 0) is 49.4 Å². The standard InChI is InChI=1S/C25H32N2O9S/c1-6-7-12-27-19-11-9-8-10-18(19)26-25(27)37-24-23(35-17(5)31)22(34-16(4)30)21(33-15(3)29)20(36-24)13-32-14(2)28/h8-11,20-24H,6-7,12-13H2,1-5H3. The molecule has 11 nitrogen and oxygen atoms in total. The Balaban J connectivity index is 2.05. The van der Waals surface area contributed by atoms with E-state index in [4.69, 9.17) is 28.7 Å². The van der Waals surface area contributed by atoms with Crippen LogP contribution in [0.15, 0.2) is 29.4 Å². The van der Waals surface area contributed by atoms with Crippen LogP contribution in [0.2, 0.25) is 0 Å². The summed E-state index contributed by atoms with van der Waals surface area (Å²) in [6.07, 6.45) is -2.69. The maximum atomic E-state index is 12.1. The van der Waals surface area contributed by atoms with E-state index in [1.54, 1.807) is 0 Å². The number of hydrogen-bond donors (Lipinski definition) is 0. The number of fused-ring (bicyclic) bond motifs is 1. The lowest BCUT2D eigenvalue weighted by Gasteiger charge is -2.44. The van der Waals surface area contributed by atoms with Gasteiger partial charge in [-0.15, -0.1) is 0 Å². The first-order valence-electron chi connectivity index (χ1n) is 12.0. The molecule has 0 spiro atoms. The van der Waals surface area contributed by atoms with Crippen molar-refractivity contribution in [3.05, 3.63) is 24.3 Å². The van der Waals surface area contributed by atoms with Gasteiger partial charge in [-0.05, 0) is 18.6 Å². The van der Waals surface area contributed by atoms with Crippen LogP contribution in [0.5, 0.6) is 0 Å². The number of nitrogens with zero attached hydrogens (tertiary/aromatic N) is 2. The second kappa shape index (κ2) is 12.9. The number of ether oxygens (including phenoxy) is 5. The fraction of sp³-hybridized carbons (Fsp3) is 0.560. The van der Waals surface area contributed by atoms with Crippen LogP contribution in [-0.4, -0.2) is 69.9 Å². The SMILES string of the molecule is CCCCn1c(SC2OC(COC(C)=O)C(OC(C)=O)C(OC(C)=O)C2OC(C)=O)nc2ccccc21. The second-order valence-corrected chi connectivity index (χ2v) is 9.64. The van der Waals surface area contributed by atoms with Gasteiger partial charge in [-0.25, -0.2) is 4.98 Å². The highest BCUT2D eigenvalue weighted by atomic mass is 32.2. The van der Waals surface area contributed by atoms with Crippen LogP contribution in [0.3, 0.4) is 0 Å². The quantitative estimate of drug-likeness (QED) is 0.328.